The highest BCUT2D eigenvalue weighted by Gasteiger charge is 2.42. The molecule has 3 unspecified atom stereocenters. The monoisotopic (exact) mass is 223 g/mol. The van der Waals surface area contributed by atoms with E-state index in [2.05, 4.69) is 33.1 Å². The standard InChI is InChI=1S/C15H29N/c1-15(2,3)13-8-7-12(10-16-4)14(9-13)11-5-6-11/h11-14,16H,5-10H2,1-4H3. The molecule has 0 aromatic heterocycles. The van der Waals surface area contributed by atoms with Crippen LogP contribution in [-0.2, 0) is 0 Å². The predicted octanol–water partition coefficient (Wildman–Crippen LogP) is 3.69. The molecule has 2 aliphatic rings. The van der Waals surface area contributed by atoms with E-state index in [0.717, 1.165) is 23.7 Å². The van der Waals surface area contributed by atoms with Gasteiger partial charge in [-0.25, -0.2) is 0 Å². The fourth-order valence-corrected chi connectivity index (χ4v) is 3.67. The molecule has 1 heteroatoms. The maximum atomic E-state index is 3.40. The molecule has 2 rings (SSSR count). The lowest BCUT2D eigenvalue weighted by Crippen LogP contribution is -2.36. The molecular formula is C15H29N. The molecule has 0 bridgehead atoms. The second kappa shape index (κ2) is 4.68. The third kappa shape index (κ3) is 2.80. The van der Waals surface area contributed by atoms with E-state index in [1.54, 1.807) is 0 Å². The van der Waals surface area contributed by atoms with Crippen molar-refractivity contribution in [2.45, 2.75) is 52.9 Å². The van der Waals surface area contributed by atoms with E-state index >= 15 is 0 Å². The fraction of sp³-hybridized carbons (Fsp3) is 1.00. The molecule has 0 radical (unpaired) electrons. The topological polar surface area (TPSA) is 12.0 Å². The van der Waals surface area contributed by atoms with Crippen LogP contribution in [0.1, 0.15) is 52.9 Å². The summed E-state index contributed by atoms with van der Waals surface area (Å²) in [5.41, 5.74) is 0.526. The molecule has 0 aromatic carbocycles. The third-order valence-corrected chi connectivity index (χ3v) is 4.97. The zero-order valence-corrected chi connectivity index (χ0v) is 11.6. The van der Waals surface area contributed by atoms with Crippen LogP contribution in [0.2, 0.25) is 0 Å². The molecule has 0 heterocycles. The first-order valence-corrected chi connectivity index (χ1v) is 7.17. The number of hydrogen-bond donors (Lipinski definition) is 1. The minimum absolute atomic E-state index is 0.526. The molecule has 1 N–H and O–H groups in total. The molecule has 0 amide bonds. The molecule has 16 heavy (non-hydrogen) atoms. The van der Waals surface area contributed by atoms with Gasteiger partial charge in [0.25, 0.3) is 0 Å². The lowest BCUT2D eigenvalue weighted by Gasteiger charge is -2.42. The minimum atomic E-state index is 0.526. The van der Waals surface area contributed by atoms with Crippen LogP contribution in [0.15, 0.2) is 0 Å². The van der Waals surface area contributed by atoms with Crippen molar-refractivity contribution >= 4 is 0 Å². The number of nitrogens with one attached hydrogen (secondary N) is 1. The molecule has 0 spiro atoms. The van der Waals surface area contributed by atoms with Gasteiger partial charge in [-0.2, -0.15) is 0 Å². The Labute approximate surface area is 101 Å². The van der Waals surface area contributed by atoms with Crippen LogP contribution in [0.25, 0.3) is 0 Å². The lowest BCUT2D eigenvalue weighted by atomic mass is 9.64. The summed E-state index contributed by atoms with van der Waals surface area (Å²) < 4.78 is 0. The Morgan fingerprint density at radius 3 is 2.25 bits per heavy atom. The molecule has 3 atom stereocenters. The van der Waals surface area contributed by atoms with Gasteiger partial charge in [0.1, 0.15) is 0 Å². The number of rotatable bonds is 3. The van der Waals surface area contributed by atoms with Gasteiger partial charge >= 0.3 is 0 Å². The second-order valence-corrected chi connectivity index (χ2v) is 7.20. The zero-order chi connectivity index (χ0) is 11.8. The van der Waals surface area contributed by atoms with Crippen molar-refractivity contribution < 1.29 is 0 Å². The first-order chi connectivity index (χ1) is 7.52. The highest BCUT2D eigenvalue weighted by Crippen LogP contribution is 2.51. The van der Waals surface area contributed by atoms with Gasteiger partial charge in [-0.05, 0) is 74.8 Å². The maximum Gasteiger partial charge on any atom is -0.00208 e. The van der Waals surface area contributed by atoms with Gasteiger partial charge in [0, 0.05) is 0 Å². The van der Waals surface area contributed by atoms with Crippen LogP contribution in [-0.4, -0.2) is 13.6 Å². The fourth-order valence-electron chi connectivity index (χ4n) is 3.67. The van der Waals surface area contributed by atoms with Gasteiger partial charge in [-0.15, -0.1) is 0 Å². The van der Waals surface area contributed by atoms with Crippen molar-refractivity contribution in [3.63, 3.8) is 0 Å². The predicted molar refractivity (Wildman–Crippen MR) is 70.4 cm³/mol. The average molecular weight is 223 g/mol. The SMILES string of the molecule is CNCC1CCC(C(C)(C)C)CC1C1CC1. The normalized spacial score (nSPS) is 36.4. The van der Waals surface area contributed by atoms with Crippen LogP contribution < -0.4 is 5.32 Å². The molecule has 2 saturated carbocycles. The van der Waals surface area contributed by atoms with Gasteiger partial charge in [0.15, 0.2) is 0 Å². The quantitative estimate of drug-likeness (QED) is 0.769. The van der Waals surface area contributed by atoms with E-state index in [0.29, 0.717) is 5.41 Å². The molecule has 0 aromatic rings. The van der Waals surface area contributed by atoms with E-state index < -0.39 is 0 Å². The smallest absolute Gasteiger partial charge is 0.00208 e. The van der Waals surface area contributed by atoms with Crippen molar-refractivity contribution in [1.82, 2.24) is 5.32 Å². The highest BCUT2D eigenvalue weighted by atomic mass is 14.8. The van der Waals surface area contributed by atoms with Gasteiger partial charge in [0.2, 0.25) is 0 Å². The van der Waals surface area contributed by atoms with E-state index in [1.165, 1.54) is 38.6 Å². The van der Waals surface area contributed by atoms with Gasteiger partial charge in [-0.1, -0.05) is 20.8 Å². The highest BCUT2D eigenvalue weighted by molar-refractivity contribution is 4.93. The van der Waals surface area contributed by atoms with E-state index in [9.17, 15) is 0 Å². The Kier molecular flexibility index (Phi) is 3.63. The van der Waals surface area contributed by atoms with Crippen LogP contribution in [0.4, 0.5) is 0 Å². The summed E-state index contributed by atoms with van der Waals surface area (Å²) in [7, 11) is 2.11. The first kappa shape index (κ1) is 12.4. The van der Waals surface area contributed by atoms with Crippen LogP contribution >= 0.6 is 0 Å². The Bertz CT molecular complexity index is 224. The molecular weight excluding hydrogens is 194 g/mol. The molecule has 2 fully saturated rings. The minimum Gasteiger partial charge on any atom is -0.319 e. The zero-order valence-electron chi connectivity index (χ0n) is 11.6. The van der Waals surface area contributed by atoms with Gasteiger partial charge in [0.05, 0.1) is 0 Å². The van der Waals surface area contributed by atoms with Crippen molar-refractivity contribution in [3.05, 3.63) is 0 Å². The first-order valence-electron chi connectivity index (χ1n) is 7.17. The van der Waals surface area contributed by atoms with Gasteiger partial charge < -0.3 is 5.32 Å². The Morgan fingerprint density at radius 2 is 1.75 bits per heavy atom. The van der Waals surface area contributed by atoms with E-state index in [4.69, 9.17) is 0 Å². The van der Waals surface area contributed by atoms with Crippen molar-refractivity contribution in [2.75, 3.05) is 13.6 Å². The molecule has 0 aliphatic heterocycles. The second-order valence-electron chi connectivity index (χ2n) is 7.20. The van der Waals surface area contributed by atoms with E-state index in [1.807, 2.05) is 0 Å². The Balaban J connectivity index is 1.97. The third-order valence-electron chi connectivity index (χ3n) is 4.97. The summed E-state index contributed by atoms with van der Waals surface area (Å²) in [5, 5.41) is 3.40. The largest absolute Gasteiger partial charge is 0.319 e. The molecule has 0 saturated heterocycles. The summed E-state index contributed by atoms with van der Waals surface area (Å²) in [6.45, 7) is 8.54. The summed E-state index contributed by atoms with van der Waals surface area (Å²) in [6.07, 6.45) is 7.45. The van der Waals surface area contributed by atoms with E-state index in [-0.39, 0.29) is 0 Å². The Morgan fingerprint density at radius 1 is 1.06 bits per heavy atom. The van der Waals surface area contributed by atoms with Crippen molar-refractivity contribution in [2.24, 2.45) is 29.1 Å². The van der Waals surface area contributed by atoms with Crippen molar-refractivity contribution in [3.8, 4) is 0 Å². The van der Waals surface area contributed by atoms with Crippen LogP contribution in [0.5, 0.6) is 0 Å². The molecule has 94 valence electrons. The Hall–Kier alpha value is -0.0400. The van der Waals surface area contributed by atoms with Crippen LogP contribution in [0.3, 0.4) is 0 Å². The number of hydrogen-bond acceptors (Lipinski definition) is 1. The maximum absolute atomic E-state index is 3.40. The van der Waals surface area contributed by atoms with Crippen LogP contribution in [0, 0.1) is 29.1 Å². The summed E-state index contributed by atoms with van der Waals surface area (Å²) >= 11 is 0. The average Bonchev–Trinajstić information content (AvgIpc) is 3.00. The lowest BCUT2D eigenvalue weighted by molar-refractivity contribution is 0.0867. The summed E-state index contributed by atoms with van der Waals surface area (Å²) in [4.78, 5) is 0. The molecule has 2 aliphatic carbocycles. The summed E-state index contributed by atoms with van der Waals surface area (Å²) in [5.74, 6) is 4.05. The summed E-state index contributed by atoms with van der Waals surface area (Å²) in [6, 6.07) is 0. The van der Waals surface area contributed by atoms with Gasteiger partial charge in [-0.3, -0.25) is 0 Å². The van der Waals surface area contributed by atoms with Crippen molar-refractivity contribution in [1.29, 1.82) is 0 Å². The molecule has 1 nitrogen and oxygen atoms in total.